The lowest BCUT2D eigenvalue weighted by atomic mass is 10.2. The molecule has 0 amide bonds. The Balaban J connectivity index is 2.40. The second kappa shape index (κ2) is 7.82. The lowest BCUT2D eigenvalue weighted by molar-refractivity contribution is 0.101. The molecule has 0 bridgehead atoms. The minimum atomic E-state index is -0.171. The fraction of sp³-hybridized carbons (Fsp3) is 0.692. The molecule has 0 saturated heterocycles. The lowest BCUT2D eigenvalue weighted by Gasteiger charge is -2.24. The minimum Gasteiger partial charge on any atom is -0.392 e. The van der Waals surface area contributed by atoms with Crippen molar-refractivity contribution in [1.29, 1.82) is 0 Å². The van der Waals surface area contributed by atoms with Crippen LogP contribution >= 0.6 is 11.3 Å². The highest BCUT2D eigenvalue weighted by Gasteiger charge is 2.10. The van der Waals surface area contributed by atoms with E-state index < -0.39 is 0 Å². The van der Waals surface area contributed by atoms with Gasteiger partial charge in [0.2, 0.25) is 0 Å². The maximum absolute atomic E-state index is 9.84. The van der Waals surface area contributed by atoms with Crippen LogP contribution in [0.1, 0.15) is 38.7 Å². The summed E-state index contributed by atoms with van der Waals surface area (Å²) in [5.74, 6) is 0. The zero-order valence-corrected chi connectivity index (χ0v) is 11.2. The van der Waals surface area contributed by atoms with Gasteiger partial charge in [0.1, 0.15) is 0 Å². The van der Waals surface area contributed by atoms with Crippen molar-refractivity contribution in [2.24, 2.45) is 0 Å². The van der Waals surface area contributed by atoms with Crippen molar-refractivity contribution >= 4 is 11.3 Å². The van der Waals surface area contributed by atoms with Gasteiger partial charge in [-0.15, -0.1) is 0 Å². The molecule has 0 fully saturated rings. The van der Waals surface area contributed by atoms with E-state index >= 15 is 0 Å². The Labute approximate surface area is 103 Å². The van der Waals surface area contributed by atoms with E-state index in [2.05, 4.69) is 35.6 Å². The van der Waals surface area contributed by atoms with Gasteiger partial charge in [0.15, 0.2) is 0 Å². The molecular weight excluding hydrogens is 218 g/mol. The highest BCUT2D eigenvalue weighted by atomic mass is 32.1. The first-order valence-electron chi connectivity index (χ1n) is 6.17. The Kier molecular flexibility index (Phi) is 6.69. The molecule has 1 heterocycles. The third-order valence-electron chi connectivity index (χ3n) is 2.62. The Morgan fingerprint density at radius 2 is 2.19 bits per heavy atom. The standard InChI is InChI=1S/C13H23NOS/c1-3-5-13(15)10-14(7-4-2)9-12-6-8-16-11-12/h6,8,11,13,15H,3-5,7,9-10H2,1-2H3. The molecule has 1 atom stereocenters. The summed E-state index contributed by atoms with van der Waals surface area (Å²) in [5, 5.41) is 14.1. The second-order valence-electron chi connectivity index (χ2n) is 4.31. The number of thiophene rings is 1. The molecule has 16 heavy (non-hydrogen) atoms. The molecule has 0 aliphatic rings. The average Bonchev–Trinajstić information content (AvgIpc) is 2.71. The van der Waals surface area contributed by atoms with Gasteiger partial charge in [-0.05, 0) is 41.8 Å². The summed E-state index contributed by atoms with van der Waals surface area (Å²) >= 11 is 1.74. The molecular formula is C13H23NOS. The summed E-state index contributed by atoms with van der Waals surface area (Å²) < 4.78 is 0. The number of hydrogen-bond acceptors (Lipinski definition) is 3. The van der Waals surface area contributed by atoms with Gasteiger partial charge in [-0.2, -0.15) is 11.3 Å². The fourth-order valence-corrected chi connectivity index (χ4v) is 2.57. The van der Waals surface area contributed by atoms with Crippen LogP contribution in [0.3, 0.4) is 0 Å². The third-order valence-corrected chi connectivity index (χ3v) is 3.35. The zero-order valence-electron chi connectivity index (χ0n) is 10.4. The number of aliphatic hydroxyl groups is 1. The van der Waals surface area contributed by atoms with Crippen LogP contribution in [0.5, 0.6) is 0 Å². The van der Waals surface area contributed by atoms with Gasteiger partial charge in [-0.3, -0.25) is 4.90 Å². The van der Waals surface area contributed by atoms with Crippen molar-refractivity contribution in [3.05, 3.63) is 22.4 Å². The molecule has 1 rings (SSSR count). The molecule has 92 valence electrons. The highest BCUT2D eigenvalue weighted by Crippen LogP contribution is 2.11. The molecule has 0 aliphatic heterocycles. The number of nitrogens with zero attached hydrogens (tertiary/aromatic N) is 1. The van der Waals surface area contributed by atoms with Crippen LogP contribution in [0.2, 0.25) is 0 Å². The van der Waals surface area contributed by atoms with Gasteiger partial charge in [0.05, 0.1) is 6.10 Å². The van der Waals surface area contributed by atoms with Crippen molar-refractivity contribution < 1.29 is 5.11 Å². The Hall–Kier alpha value is -0.380. The molecule has 0 spiro atoms. The molecule has 2 nitrogen and oxygen atoms in total. The number of rotatable bonds is 8. The maximum Gasteiger partial charge on any atom is 0.0667 e. The van der Waals surface area contributed by atoms with Crippen LogP contribution in [-0.4, -0.2) is 29.2 Å². The van der Waals surface area contributed by atoms with Crippen LogP contribution in [0.15, 0.2) is 16.8 Å². The Morgan fingerprint density at radius 1 is 1.38 bits per heavy atom. The highest BCUT2D eigenvalue weighted by molar-refractivity contribution is 7.07. The van der Waals surface area contributed by atoms with E-state index in [9.17, 15) is 5.11 Å². The maximum atomic E-state index is 9.84. The van der Waals surface area contributed by atoms with Crippen LogP contribution in [-0.2, 0) is 6.54 Å². The van der Waals surface area contributed by atoms with Crippen molar-refractivity contribution in [1.82, 2.24) is 4.90 Å². The molecule has 3 heteroatoms. The summed E-state index contributed by atoms with van der Waals surface area (Å²) in [6.45, 7) is 7.14. The van der Waals surface area contributed by atoms with Crippen LogP contribution in [0.25, 0.3) is 0 Å². The summed E-state index contributed by atoms with van der Waals surface area (Å²) in [6, 6.07) is 2.17. The summed E-state index contributed by atoms with van der Waals surface area (Å²) in [4.78, 5) is 2.35. The summed E-state index contributed by atoms with van der Waals surface area (Å²) in [5.41, 5.74) is 1.36. The topological polar surface area (TPSA) is 23.5 Å². The molecule has 1 unspecified atom stereocenters. The first-order chi connectivity index (χ1) is 7.76. The monoisotopic (exact) mass is 241 g/mol. The van der Waals surface area contributed by atoms with Crippen LogP contribution in [0.4, 0.5) is 0 Å². The molecule has 0 saturated carbocycles. The van der Waals surface area contributed by atoms with Crippen LogP contribution in [0, 0.1) is 0 Å². The van der Waals surface area contributed by atoms with Gasteiger partial charge in [0, 0.05) is 13.1 Å². The van der Waals surface area contributed by atoms with E-state index in [1.165, 1.54) is 5.56 Å². The van der Waals surface area contributed by atoms with E-state index in [0.29, 0.717) is 0 Å². The SMILES string of the molecule is CCCC(O)CN(CCC)Cc1ccsc1. The first kappa shape index (κ1) is 13.7. The zero-order chi connectivity index (χ0) is 11.8. The molecule has 1 aromatic rings. The van der Waals surface area contributed by atoms with Crippen molar-refractivity contribution in [2.75, 3.05) is 13.1 Å². The fourth-order valence-electron chi connectivity index (χ4n) is 1.91. The number of hydrogen-bond donors (Lipinski definition) is 1. The van der Waals surface area contributed by atoms with Gasteiger partial charge in [-0.1, -0.05) is 20.3 Å². The predicted molar refractivity (Wildman–Crippen MR) is 70.8 cm³/mol. The van der Waals surface area contributed by atoms with Gasteiger partial charge in [-0.25, -0.2) is 0 Å². The molecule has 0 aliphatic carbocycles. The summed E-state index contributed by atoms with van der Waals surface area (Å²) in [6.07, 6.45) is 2.93. The van der Waals surface area contributed by atoms with Gasteiger partial charge >= 0.3 is 0 Å². The third kappa shape index (κ3) is 5.10. The van der Waals surface area contributed by atoms with E-state index in [1.54, 1.807) is 11.3 Å². The molecule has 1 N–H and O–H groups in total. The minimum absolute atomic E-state index is 0.171. The quantitative estimate of drug-likeness (QED) is 0.756. The van der Waals surface area contributed by atoms with Crippen LogP contribution < -0.4 is 0 Å². The normalized spacial score (nSPS) is 13.2. The second-order valence-corrected chi connectivity index (χ2v) is 5.09. The van der Waals surface area contributed by atoms with E-state index in [4.69, 9.17) is 0 Å². The van der Waals surface area contributed by atoms with Crippen molar-refractivity contribution in [2.45, 2.75) is 45.8 Å². The Bertz CT molecular complexity index is 261. The van der Waals surface area contributed by atoms with Crippen molar-refractivity contribution in [3.63, 3.8) is 0 Å². The Morgan fingerprint density at radius 3 is 2.75 bits per heavy atom. The lowest BCUT2D eigenvalue weighted by Crippen LogP contribution is -2.32. The molecule has 1 aromatic heterocycles. The predicted octanol–water partition coefficient (Wildman–Crippen LogP) is 3.12. The smallest absolute Gasteiger partial charge is 0.0667 e. The van der Waals surface area contributed by atoms with E-state index in [0.717, 1.165) is 38.9 Å². The van der Waals surface area contributed by atoms with Gasteiger partial charge in [0.25, 0.3) is 0 Å². The van der Waals surface area contributed by atoms with Crippen molar-refractivity contribution in [3.8, 4) is 0 Å². The average molecular weight is 241 g/mol. The summed E-state index contributed by atoms with van der Waals surface area (Å²) in [7, 11) is 0. The molecule has 0 aromatic carbocycles. The van der Waals surface area contributed by atoms with E-state index in [1.807, 2.05) is 0 Å². The largest absolute Gasteiger partial charge is 0.392 e. The number of aliphatic hydroxyl groups excluding tert-OH is 1. The molecule has 0 radical (unpaired) electrons. The van der Waals surface area contributed by atoms with Gasteiger partial charge < -0.3 is 5.11 Å². The first-order valence-corrected chi connectivity index (χ1v) is 7.12. The van der Waals surface area contributed by atoms with E-state index in [-0.39, 0.29) is 6.10 Å².